The number of hydrogen-bond acceptors (Lipinski definition) is 1. The normalized spacial score (nSPS) is 24.2. The quantitative estimate of drug-likeness (QED) is 0.603. The van der Waals surface area contributed by atoms with Crippen LogP contribution in [0, 0.1) is 0 Å². The molecule has 3 nitrogen and oxygen atoms in total. The number of hydrogen-bond donors (Lipinski definition) is 2. The third kappa shape index (κ3) is 2.43. The summed E-state index contributed by atoms with van der Waals surface area (Å²) in [5.74, 6) is 0.620. The van der Waals surface area contributed by atoms with Gasteiger partial charge in [0.15, 0.2) is 5.96 Å². The molecule has 1 saturated carbocycles. The molecule has 0 radical (unpaired) electrons. The first-order valence-corrected chi connectivity index (χ1v) is 6.50. The molecular weight excluding hydrogens is 210 g/mol. The number of nitrogens with one attached hydrogen (secondary N) is 1. The number of aliphatic imine (C=N–C) groups is 1. The minimum absolute atomic E-state index is 0.256. The molecule has 3 rings (SSSR count). The first kappa shape index (κ1) is 10.6. The van der Waals surface area contributed by atoms with Crippen LogP contribution < -0.4 is 11.1 Å². The van der Waals surface area contributed by atoms with E-state index in [1.807, 2.05) is 0 Å². The molecule has 0 saturated heterocycles. The Kier molecular flexibility index (Phi) is 2.75. The molecule has 0 heterocycles. The average Bonchev–Trinajstić information content (AvgIpc) is 3.13. The highest BCUT2D eigenvalue weighted by Crippen LogP contribution is 2.32. The second-order valence-electron chi connectivity index (χ2n) is 5.04. The van der Waals surface area contributed by atoms with E-state index in [-0.39, 0.29) is 6.04 Å². The van der Waals surface area contributed by atoms with Crippen molar-refractivity contribution in [3.05, 3.63) is 35.4 Å². The van der Waals surface area contributed by atoms with Gasteiger partial charge in [-0.05, 0) is 43.2 Å². The van der Waals surface area contributed by atoms with Crippen LogP contribution in [0.1, 0.15) is 42.9 Å². The van der Waals surface area contributed by atoms with Crippen LogP contribution in [0.5, 0.6) is 0 Å². The lowest BCUT2D eigenvalue weighted by molar-refractivity contribution is 0.569. The van der Waals surface area contributed by atoms with E-state index in [2.05, 4.69) is 34.6 Å². The largest absolute Gasteiger partial charge is 0.370 e. The van der Waals surface area contributed by atoms with Crippen LogP contribution in [0.2, 0.25) is 0 Å². The van der Waals surface area contributed by atoms with Crippen molar-refractivity contribution < 1.29 is 0 Å². The van der Waals surface area contributed by atoms with Gasteiger partial charge in [-0.3, -0.25) is 0 Å². The van der Waals surface area contributed by atoms with E-state index < -0.39 is 0 Å². The molecule has 0 amide bonds. The molecule has 2 aliphatic rings. The summed E-state index contributed by atoms with van der Waals surface area (Å²) in [6, 6.07) is 9.44. The Labute approximate surface area is 102 Å². The third-order valence-electron chi connectivity index (χ3n) is 3.56. The van der Waals surface area contributed by atoms with Crippen molar-refractivity contribution in [2.75, 3.05) is 0 Å². The van der Waals surface area contributed by atoms with Crippen molar-refractivity contribution in [2.24, 2.45) is 10.7 Å². The lowest BCUT2D eigenvalue weighted by Gasteiger charge is -2.22. The average molecular weight is 229 g/mol. The number of rotatable bonds is 2. The van der Waals surface area contributed by atoms with Crippen LogP contribution >= 0.6 is 0 Å². The molecule has 2 aliphatic carbocycles. The smallest absolute Gasteiger partial charge is 0.189 e. The highest BCUT2D eigenvalue weighted by molar-refractivity contribution is 5.78. The van der Waals surface area contributed by atoms with Crippen LogP contribution in [0.4, 0.5) is 0 Å². The minimum atomic E-state index is 0.256. The van der Waals surface area contributed by atoms with E-state index in [1.54, 1.807) is 0 Å². The Bertz CT molecular complexity index is 435. The zero-order valence-electron chi connectivity index (χ0n) is 10.0. The van der Waals surface area contributed by atoms with Gasteiger partial charge >= 0.3 is 0 Å². The van der Waals surface area contributed by atoms with Gasteiger partial charge in [-0.1, -0.05) is 24.3 Å². The highest BCUT2D eigenvalue weighted by atomic mass is 15.1. The number of guanidine groups is 1. The van der Waals surface area contributed by atoms with Gasteiger partial charge in [0.05, 0.1) is 6.04 Å². The predicted molar refractivity (Wildman–Crippen MR) is 69.9 cm³/mol. The lowest BCUT2D eigenvalue weighted by Crippen LogP contribution is -2.34. The molecule has 1 aromatic carbocycles. The molecule has 17 heavy (non-hydrogen) atoms. The molecule has 90 valence electrons. The molecule has 1 fully saturated rings. The summed E-state index contributed by atoms with van der Waals surface area (Å²) < 4.78 is 0. The lowest BCUT2D eigenvalue weighted by atomic mass is 9.88. The van der Waals surface area contributed by atoms with Crippen molar-refractivity contribution in [3.8, 4) is 0 Å². The summed E-state index contributed by atoms with van der Waals surface area (Å²) in [6.45, 7) is 0. The molecule has 1 atom stereocenters. The van der Waals surface area contributed by atoms with E-state index in [0.717, 1.165) is 6.42 Å². The molecule has 1 aromatic rings. The maximum atomic E-state index is 5.94. The van der Waals surface area contributed by atoms with Gasteiger partial charge < -0.3 is 11.1 Å². The van der Waals surface area contributed by atoms with E-state index >= 15 is 0 Å². The maximum absolute atomic E-state index is 5.94. The van der Waals surface area contributed by atoms with Crippen LogP contribution in [0.25, 0.3) is 0 Å². The molecule has 1 unspecified atom stereocenters. The van der Waals surface area contributed by atoms with Gasteiger partial charge in [0, 0.05) is 6.04 Å². The molecule has 3 N–H and O–H groups in total. The molecule has 0 bridgehead atoms. The summed E-state index contributed by atoms with van der Waals surface area (Å²) in [5, 5.41) is 3.26. The van der Waals surface area contributed by atoms with Crippen LogP contribution in [-0.4, -0.2) is 12.0 Å². The summed E-state index contributed by atoms with van der Waals surface area (Å²) >= 11 is 0. The minimum Gasteiger partial charge on any atom is -0.370 e. The SMILES string of the molecule is NC(=NC1CCCc2ccccc21)NC1CC1. The maximum Gasteiger partial charge on any atom is 0.189 e. The summed E-state index contributed by atoms with van der Waals surface area (Å²) in [6.07, 6.45) is 5.97. The third-order valence-corrected chi connectivity index (χ3v) is 3.56. The Balaban J connectivity index is 1.79. The van der Waals surface area contributed by atoms with Crippen molar-refractivity contribution in [1.29, 1.82) is 0 Å². The van der Waals surface area contributed by atoms with E-state index in [1.165, 1.54) is 36.8 Å². The summed E-state index contributed by atoms with van der Waals surface area (Å²) in [5.41, 5.74) is 8.74. The number of nitrogens with zero attached hydrogens (tertiary/aromatic N) is 1. The first-order valence-electron chi connectivity index (χ1n) is 6.50. The fourth-order valence-electron chi connectivity index (χ4n) is 2.50. The van der Waals surface area contributed by atoms with E-state index in [9.17, 15) is 0 Å². The zero-order chi connectivity index (χ0) is 11.7. The highest BCUT2D eigenvalue weighted by Gasteiger charge is 2.23. The number of benzene rings is 1. The fourth-order valence-corrected chi connectivity index (χ4v) is 2.50. The van der Waals surface area contributed by atoms with Crippen molar-refractivity contribution in [3.63, 3.8) is 0 Å². The fraction of sp³-hybridized carbons (Fsp3) is 0.500. The monoisotopic (exact) mass is 229 g/mol. The number of aryl methyl sites for hydroxylation is 1. The summed E-state index contributed by atoms with van der Waals surface area (Å²) in [4.78, 5) is 4.64. The Hall–Kier alpha value is -1.51. The Morgan fingerprint density at radius 3 is 2.88 bits per heavy atom. The molecule has 0 spiro atoms. The van der Waals surface area contributed by atoms with Gasteiger partial charge in [-0.15, -0.1) is 0 Å². The predicted octanol–water partition coefficient (Wildman–Crippen LogP) is 2.13. The Morgan fingerprint density at radius 1 is 1.24 bits per heavy atom. The molecular formula is C14H19N3. The topological polar surface area (TPSA) is 50.4 Å². The van der Waals surface area contributed by atoms with E-state index in [4.69, 9.17) is 5.73 Å². The van der Waals surface area contributed by atoms with Gasteiger partial charge in [-0.25, -0.2) is 4.99 Å². The number of nitrogens with two attached hydrogens (primary N) is 1. The van der Waals surface area contributed by atoms with Crippen LogP contribution in [0.15, 0.2) is 29.3 Å². The standard InChI is InChI=1S/C14H19N3/c15-14(16-11-8-9-11)17-13-7-3-5-10-4-1-2-6-12(10)13/h1-2,4,6,11,13H,3,5,7-9H2,(H3,15,16,17). The van der Waals surface area contributed by atoms with Crippen molar-refractivity contribution in [2.45, 2.75) is 44.2 Å². The van der Waals surface area contributed by atoms with Gasteiger partial charge in [0.2, 0.25) is 0 Å². The number of fused-ring (bicyclic) bond motifs is 1. The van der Waals surface area contributed by atoms with Gasteiger partial charge in [0.25, 0.3) is 0 Å². The van der Waals surface area contributed by atoms with Gasteiger partial charge in [0.1, 0.15) is 0 Å². The Morgan fingerprint density at radius 2 is 2.06 bits per heavy atom. The van der Waals surface area contributed by atoms with Crippen LogP contribution in [-0.2, 0) is 6.42 Å². The molecule has 3 heteroatoms. The summed E-state index contributed by atoms with van der Waals surface area (Å²) in [7, 11) is 0. The zero-order valence-corrected chi connectivity index (χ0v) is 10.0. The second kappa shape index (κ2) is 4.40. The molecule has 0 aromatic heterocycles. The van der Waals surface area contributed by atoms with E-state index in [0.29, 0.717) is 12.0 Å². The first-order chi connectivity index (χ1) is 8.33. The van der Waals surface area contributed by atoms with Gasteiger partial charge in [-0.2, -0.15) is 0 Å². The van der Waals surface area contributed by atoms with Crippen molar-refractivity contribution >= 4 is 5.96 Å². The molecule has 0 aliphatic heterocycles. The second-order valence-corrected chi connectivity index (χ2v) is 5.04. The van der Waals surface area contributed by atoms with Crippen molar-refractivity contribution in [1.82, 2.24) is 5.32 Å². The van der Waals surface area contributed by atoms with Crippen LogP contribution in [0.3, 0.4) is 0 Å².